The van der Waals surface area contributed by atoms with E-state index in [-0.39, 0.29) is 10.9 Å². The number of oxazole rings is 1. The van der Waals surface area contributed by atoms with Gasteiger partial charge in [-0.25, -0.2) is 4.98 Å². The monoisotopic (exact) mass is 337 g/mol. The van der Waals surface area contributed by atoms with E-state index in [0.29, 0.717) is 35.1 Å². The molecule has 1 atom stereocenters. The average Bonchev–Trinajstić information content (AvgIpc) is 3.02. The molecule has 1 heterocycles. The normalized spacial score (nSPS) is 12.3. The van der Waals surface area contributed by atoms with Crippen molar-refractivity contribution in [3.8, 4) is 17.1 Å². The number of aromatic nitrogens is 1. The Balaban J connectivity index is 2.26. The topological polar surface area (TPSA) is 90.4 Å². The second kappa shape index (κ2) is 7.48. The Hall–Kier alpha value is -2.05. The zero-order valence-corrected chi connectivity index (χ0v) is 14.1. The van der Waals surface area contributed by atoms with Crippen molar-refractivity contribution in [2.45, 2.75) is 26.3 Å². The van der Waals surface area contributed by atoms with Gasteiger partial charge in [-0.2, -0.15) is 0 Å². The highest BCUT2D eigenvalue weighted by Crippen LogP contribution is 2.40. The first kappa shape index (κ1) is 17.3. The first-order valence-electron chi connectivity index (χ1n) is 7.25. The molecule has 0 fully saturated rings. The molecule has 0 aliphatic carbocycles. The smallest absolute Gasteiger partial charge is 0.241 e. The molecule has 2 aromatic rings. The van der Waals surface area contributed by atoms with Crippen LogP contribution in [0.5, 0.6) is 5.75 Å². The van der Waals surface area contributed by atoms with Crippen molar-refractivity contribution in [3.05, 3.63) is 29.7 Å². The molecule has 1 aromatic heterocycles. The van der Waals surface area contributed by atoms with Crippen LogP contribution in [-0.4, -0.2) is 24.0 Å². The number of carbonyl (C=O) groups is 1. The Morgan fingerprint density at radius 3 is 2.78 bits per heavy atom. The second-order valence-electron chi connectivity index (χ2n) is 5.60. The third-order valence-corrected chi connectivity index (χ3v) is 3.69. The van der Waals surface area contributed by atoms with Gasteiger partial charge in [0.2, 0.25) is 5.91 Å². The van der Waals surface area contributed by atoms with Gasteiger partial charge in [0.1, 0.15) is 5.02 Å². The standard InChI is InChI=1S/C16H20ClN3O3/c1-9(2)6-11(18)16(21)20-12-5-4-10(13-7-19-8-23-13)15(22-3)14(12)17/h4-5,7-9,11H,6,18H2,1-3H3,(H,20,21). The van der Waals surface area contributed by atoms with Crippen LogP contribution in [0.15, 0.2) is 29.1 Å². The second-order valence-corrected chi connectivity index (χ2v) is 5.98. The zero-order chi connectivity index (χ0) is 17.0. The summed E-state index contributed by atoms with van der Waals surface area (Å²) >= 11 is 6.34. The van der Waals surface area contributed by atoms with E-state index >= 15 is 0 Å². The van der Waals surface area contributed by atoms with E-state index in [4.69, 9.17) is 26.5 Å². The largest absolute Gasteiger partial charge is 0.494 e. The SMILES string of the molecule is COc1c(-c2cnco2)ccc(NC(=O)C(N)CC(C)C)c1Cl. The maximum Gasteiger partial charge on any atom is 0.241 e. The lowest BCUT2D eigenvalue weighted by Gasteiger charge is -2.17. The molecule has 1 aromatic carbocycles. The first-order valence-corrected chi connectivity index (χ1v) is 7.63. The minimum atomic E-state index is -0.592. The molecule has 0 saturated carbocycles. The molecule has 6 nitrogen and oxygen atoms in total. The lowest BCUT2D eigenvalue weighted by molar-refractivity contribution is -0.117. The predicted molar refractivity (Wildman–Crippen MR) is 89.6 cm³/mol. The Bertz CT molecular complexity index is 671. The summed E-state index contributed by atoms with van der Waals surface area (Å²) in [5, 5.41) is 3.02. The van der Waals surface area contributed by atoms with Crippen LogP contribution in [0.4, 0.5) is 5.69 Å². The van der Waals surface area contributed by atoms with Gasteiger partial charge in [0.25, 0.3) is 0 Å². The lowest BCUT2D eigenvalue weighted by atomic mass is 10.0. The maximum absolute atomic E-state index is 12.1. The Morgan fingerprint density at radius 1 is 1.48 bits per heavy atom. The minimum absolute atomic E-state index is 0.282. The molecule has 3 N–H and O–H groups in total. The number of nitrogens with one attached hydrogen (secondary N) is 1. The van der Waals surface area contributed by atoms with Gasteiger partial charge in [-0.15, -0.1) is 0 Å². The van der Waals surface area contributed by atoms with E-state index in [1.807, 2.05) is 13.8 Å². The highest BCUT2D eigenvalue weighted by Gasteiger charge is 2.20. The van der Waals surface area contributed by atoms with Crippen LogP contribution in [0.3, 0.4) is 0 Å². The molecular formula is C16H20ClN3O3. The van der Waals surface area contributed by atoms with Crippen molar-refractivity contribution in [1.82, 2.24) is 4.98 Å². The number of hydrogen-bond donors (Lipinski definition) is 2. The summed E-state index contributed by atoms with van der Waals surface area (Å²) in [6.45, 7) is 4.02. The number of anilines is 1. The van der Waals surface area contributed by atoms with Crippen LogP contribution in [0.25, 0.3) is 11.3 Å². The molecule has 0 spiro atoms. The summed E-state index contributed by atoms with van der Waals surface area (Å²) in [5.41, 5.74) is 6.98. The number of nitrogens with two attached hydrogens (primary N) is 1. The molecule has 0 aliphatic heterocycles. The van der Waals surface area contributed by atoms with Gasteiger partial charge in [0.15, 0.2) is 17.9 Å². The Morgan fingerprint density at radius 2 is 2.22 bits per heavy atom. The third kappa shape index (κ3) is 4.03. The molecule has 1 amide bonds. The Labute approximate surface area is 140 Å². The molecule has 124 valence electrons. The number of nitrogens with zero attached hydrogens (tertiary/aromatic N) is 1. The van der Waals surface area contributed by atoms with Gasteiger partial charge < -0.3 is 20.2 Å². The molecule has 0 radical (unpaired) electrons. The van der Waals surface area contributed by atoms with E-state index in [1.54, 1.807) is 18.3 Å². The van der Waals surface area contributed by atoms with Gasteiger partial charge in [0, 0.05) is 0 Å². The number of benzene rings is 1. The number of methoxy groups -OCH3 is 1. The van der Waals surface area contributed by atoms with E-state index in [9.17, 15) is 4.79 Å². The van der Waals surface area contributed by atoms with Gasteiger partial charge in [-0.1, -0.05) is 25.4 Å². The van der Waals surface area contributed by atoms with Crippen molar-refractivity contribution < 1.29 is 13.9 Å². The quantitative estimate of drug-likeness (QED) is 0.843. The van der Waals surface area contributed by atoms with Crippen LogP contribution >= 0.6 is 11.6 Å². The molecule has 2 rings (SSSR count). The van der Waals surface area contributed by atoms with Gasteiger partial charge >= 0.3 is 0 Å². The van der Waals surface area contributed by atoms with Crippen molar-refractivity contribution in [2.24, 2.45) is 11.7 Å². The van der Waals surface area contributed by atoms with Crippen LogP contribution in [0, 0.1) is 5.92 Å². The van der Waals surface area contributed by atoms with Crippen molar-refractivity contribution >= 4 is 23.2 Å². The predicted octanol–water partition coefficient (Wildman–Crippen LogP) is 3.32. The average molecular weight is 338 g/mol. The molecular weight excluding hydrogens is 318 g/mol. The van der Waals surface area contributed by atoms with E-state index in [0.717, 1.165) is 0 Å². The first-order chi connectivity index (χ1) is 10.9. The Kier molecular flexibility index (Phi) is 5.63. The molecule has 1 unspecified atom stereocenters. The molecule has 0 saturated heterocycles. The van der Waals surface area contributed by atoms with Gasteiger partial charge in [-0.3, -0.25) is 4.79 Å². The van der Waals surface area contributed by atoms with Crippen LogP contribution in [-0.2, 0) is 4.79 Å². The highest BCUT2D eigenvalue weighted by molar-refractivity contribution is 6.35. The highest BCUT2D eigenvalue weighted by atomic mass is 35.5. The summed E-state index contributed by atoms with van der Waals surface area (Å²) in [6, 6.07) is 2.84. The number of halogens is 1. The fourth-order valence-electron chi connectivity index (χ4n) is 2.24. The summed E-state index contributed by atoms with van der Waals surface area (Å²) in [6.07, 6.45) is 3.48. The molecule has 0 aliphatic rings. The third-order valence-electron chi connectivity index (χ3n) is 3.32. The van der Waals surface area contributed by atoms with E-state index < -0.39 is 6.04 Å². The van der Waals surface area contributed by atoms with Gasteiger partial charge in [0.05, 0.1) is 30.6 Å². The number of hydrogen-bond acceptors (Lipinski definition) is 5. The van der Waals surface area contributed by atoms with Crippen molar-refractivity contribution in [1.29, 1.82) is 0 Å². The summed E-state index contributed by atoms with van der Waals surface area (Å²) < 4.78 is 10.6. The fraction of sp³-hybridized carbons (Fsp3) is 0.375. The minimum Gasteiger partial charge on any atom is -0.494 e. The molecule has 7 heteroatoms. The number of ether oxygens (including phenoxy) is 1. The number of carbonyl (C=O) groups excluding carboxylic acids is 1. The van der Waals surface area contributed by atoms with Crippen LogP contribution in [0.2, 0.25) is 5.02 Å². The summed E-state index contributed by atoms with van der Waals surface area (Å²) in [4.78, 5) is 16.0. The van der Waals surface area contributed by atoms with Crippen LogP contribution in [0.1, 0.15) is 20.3 Å². The fourth-order valence-corrected chi connectivity index (χ4v) is 2.52. The van der Waals surface area contributed by atoms with Crippen LogP contribution < -0.4 is 15.8 Å². The van der Waals surface area contributed by atoms with E-state index in [2.05, 4.69) is 10.3 Å². The summed E-state index contributed by atoms with van der Waals surface area (Å²) in [5.74, 6) is 0.974. The zero-order valence-electron chi connectivity index (χ0n) is 13.3. The summed E-state index contributed by atoms with van der Waals surface area (Å²) in [7, 11) is 1.50. The van der Waals surface area contributed by atoms with E-state index in [1.165, 1.54) is 13.5 Å². The maximum atomic E-state index is 12.1. The molecule has 0 bridgehead atoms. The number of rotatable bonds is 6. The number of amides is 1. The van der Waals surface area contributed by atoms with Crippen molar-refractivity contribution in [2.75, 3.05) is 12.4 Å². The van der Waals surface area contributed by atoms with Gasteiger partial charge in [-0.05, 0) is 24.5 Å². The lowest BCUT2D eigenvalue weighted by Crippen LogP contribution is -2.36. The van der Waals surface area contributed by atoms with Crippen molar-refractivity contribution in [3.63, 3.8) is 0 Å². The molecule has 23 heavy (non-hydrogen) atoms.